The number of hydrogen-bond acceptors (Lipinski definition) is 3. The van der Waals surface area contributed by atoms with Crippen molar-refractivity contribution >= 4 is 5.69 Å². The van der Waals surface area contributed by atoms with E-state index >= 15 is 0 Å². The molecule has 1 aromatic rings. The second-order valence-electron chi connectivity index (χ2n) is 5.38. The minimum Gasteiger partial charge on any atom is -0.381 e. The van der Waals surface area contributed by atoms with Crippen LogP contribution in [0.5, 0.6) is 0 Å². The first-order valence-corrected chi connectivity index (χ1v) is 7.46. The lowest BCUT2D eigenvalue weighted by molar-refractivity contribution is 0.468. The van der Waals surface area contributed by atoms with Gasteiger partial charge in [-0.3, -0.25) is 0 Å². The molecule has 108 valence electrons. The van der Waals surface area contributed by atoms with E-state index in [1.807, 2.05) is 6.07 Å². The fraction of sp³-hybridized carbons (Fsp3) is 0.562. The predicted molar refractivity (Wildman–Crippen MR) is 79.1 cm³/mol. The Bertz CT molecular complexity index is 459. The second-order valence-corrected chi connectivity index (χ2v) is 5.38. The zero-order valence-corrected chi connectivity index (χ0v) is 11.8. The Morgan fingerprint density at radius 1 is 1.15 bits per heavy atom. The third-order valence-electron chi connectivity index (χ3n) is 3.83. The van der Waals surface area contributed by atoms with Crippen LogP contribution in [0.25, 0.3) is 0 Å². The molecular formula is C16H22FN3. The summed E-state index contributed by atoms with van der Waals surface area (Å²) in [5.41, 5.74) is 0.816. The summed E-state index contributed by atoms with van der Waals surface area (Å²) < 4.78 is 13.6. The van der Waals surface area contributed by atoms with E-state index in [9.17, 15) is 4.39 Å². The summed E-state index contributed by atoms with van der Waals surface area (Å²) in [5, 5.41) is 15.3. The fourth-order valence-electron chi connectivity index (χ4n) is 2.68. The third kappa shape index (κ3) is 4.50. The summed E-state index contributed by atoms with van der Waals surface area (Å²) >= 11 is 0. The molecule has 1 aliphatic rings. The van der Waals surface area contributed by atoms with E-state index in [0.29, 0.717) is 23.8 Å². The van der Waals surface area contributed by atoms with Gasteiger partial charge < -0.3 is 10.6 Å². The maximum Gasteiger partial charge on any atom is 0.147 e. The van der Waals surface area contributed by atoms with Gasteiger partial charge in [0.05, 0.1) is 17.3 Å². The molecule has 1 fully saturated rings. The van der Waals surface area contributed by atoms with E-state index in [2.05, 4.69) is 10.6 Å². The number of hydrogen-bond donors (Lipinski definition) is 2. The zero-order chi connectivity index (χ0) is 14.2. The molecule has 3 nitrogen and oxygen atoms in total. The van der Waals surface area contributed by atoms with Crippen LogP contribution in [0.4, 0.5) is 10.1 Å². The first kappa shape index (κ1) is 14.8. The van der Waals surface area contributed by atoms with Crippen LogP contribution in [0.2, 0.25) is 0 Å². The molecule has 4 heteroatoms. The minimum atomic E-state index is -0.362. The van der Waals surface area contributed by atoms with Gasteiger partial charge in [-0.15, -0.1) is 0 Å². The van der Waals surface area contributed by atoms with Crippen molar-refractivity contribution in [2.75, 3.05) is 18.4 Å². The SMILES string of the molecule is N#Cc1ccc(NCCNC2CCCCCC2)c(F)c1. The Morgan fingerprint density at radius 2 is 1.90 bits per heavy atom. The number of benzene rings is 1. The number of rotatable bonds is 5. The van der Waals surface area contributed by atoms with Crippen LogP contribution < -0.4 is 10.6 Å². The number of anilines is 1. The highest BCUT2D eigenvalue weighted by Crippen LogP contribution is 2.17. The van der Waals surface area contributed by atoms with E-state index in [-0.39, 0.29) is 5.82 Å². The second kappa shape index (κ2) is 7.86. The van der Waals surface area contributed by atoms with Gasteiger partial charge in [0.2, 0.25) is 0 Å². The molecule has 0 bridgehead atoms. The Balaban J connectivity index is 1.71. The van der Waals surface area contributed by atoms with Gasteiger partial charge in [0.15, 0.2) is 0 Å². The molecule has 0 saturated heterocycles. The molecule has 0 atom stereocenters. The Labute approximate surface area is 120 Å². The molecule has 0 spiro atoms. The number of nitrogens with zero attached hydrogens (tertiary/aromatic N) is 1. The molecule has 2 N–H and O–H groups in total. The van der Waals surface area contributed by atoms with Crippen molar-refractivity contribution in [3.63, 3.8) is 0 Å². The smallest absolute Gasteiger partial charge is 0.147 e. The Kier molecular flexibility index (Phi) is 5.82. The van der Waals surface area contributed by atoms with Crippen molar-refractivity contribution in [1.82, 2.24) is 5.32 Å². The lowest BCUT2D eigenvalue weighted by atomic mass is 10.1. The molecule has 2 rings (SSSR count). The molecule has 1 aromatic carbocycles. The van der Waals surface area contributed by atoms with Crippen LogP contribution in [-0.4, -0.2) is 19.1 Å². The molecule has 20 heavy (non-hydrogen) atoms. The highest BCUT2D eigenvalue weighted by Gasteiger charge is 2.10. The van der Waals surface area contributed by atoms with Crippen molar-refractivity contribution < 1.29 is 4.39 Å². The van der Waals surface area contributed by atoms with Crippen molar-refractivity contribution in [2.24, 2.45) is 0 Å². The van der Waals surface area contributed by atoms with Crippen LogP contribution in [0, 0.1) is 17.1 Å². The summed E-state index contributed by atoms with van der Waals surface area (Å²) in [4.78, 5) is 0. The Hall–Kier alpha value is -1.60. The molecule has 0 amide bonds. The molecule has 0 unspecified atom stereocenters. The summed E-state index contributed by atoms with van der Waals surface area (Å²) in [5.74, 6) is -0.362. The number of halogens is 1. The quantitative estimate of drug-likeness (QED) is 0.639. The van der Waals surface area contributed by atoms with Crippen molar-refractivity contribution in [1.29, 1.82) is 5.26 Å². The monoisotopic (exact) mass is 275 g/mol. The standard InChI is InChI=1S/C16H22FN3/c17-15-11-13(12-18)7-8-16(15)20-10-9-19-14-5-3-1-2-4-6-14/h7-8,11,14,19-20H,1-6,9-10H2. The predicted octanol–water partition coefficient (Wildman–Crippen LogP) is 3.42. The van der Waals surface area contributed by atoms with Gasteiger partial charge in [0.1, 0.15) is 5.82 Å². The van der Waals surface area contributed by atoms with E-state index in [0.717, 1.165) is 6.54 Å². The van der Waals surface area contributed by atoms with Gasteiger partial charge in [-0.2, -0.15) is 5.26 Å². The van der Waals surface area contributed by atoms with E-state index in [1.54, 1.807) is 12.1 Å². The molecule has 1 saturated carbocycles. The molecule has 0 aliphatic heterocycles. The fourth-order valence-corrected chi connectivity index (χ4v) is 2.68. The van der Waals surface area contributed by atoms with E-state index < -0.39 is 0 Å². The third-order valence-corrected chi connectivity index (χ3v) is 3.83. The zero-order valence-electron chi connectivity index (χ0n) is 11.8. The summed E-state index contributed by atoms with van der Waals surface area (Å²) in [7, 11) is 0. The van der Waals surface area contributed by atoms with Gasteiger partial charge >= 0.3 is 0 Å². The summed E-state index contributed by atoms with van der Waals surface area (Å²) in [6, 6.07) is 7.07. The highest BCUT2D eigenvalue weighted by molar-refractivity contribution is 5.48. The van der Waals surface area contributed by atoms with Crippen LogP contribution >= 0.6 is 0 Å². The highest BCUT2D eigenvalue weighted by atomic mass is 19.1. The maximum atomic E-state index is 13.6. The normalized spacial score (nSPS) is 16.4. The average molecular weight is 275 g/mol. The van der Waals surface area contributed by atoms with Crippen LogP contribution in [0.1, 0.15) is 44.1 Å². The van der Waals surface area contributed by atoms with E-state index in [1.165, 1.54) is 44.6 Å². The minimum absolute atomic E-state index is 0.352. The van der Waals surface area contributed by atoms with Crippen LogP contribution in [0.3, 0.4) is 0 Å². The van der Waals surface area contributed by atoms with Gasteiger partial charge in [0.25, 0.3) is 0 Å². The van der Waals surface area contributed by atoms with Gasteiger partial charge in [-0.1, -0.05) is 25.7 Å². The molecule has 0 heterocycles. The van der Waals surface area contributed by atoms with E-state index in [4.69, 9.17) is 5.26 Å². The summed E-state index contributed by atoms with van der Waals surface area (Å²) in [6.07, 6.45) is 7.85. The molecule has 1 aliphatic carbocycles. The molecular weight excluding hydrogens is 253 g/mol. The molecule has 0 aromatic heterocycles. The number of nitrogens with one attached hydrogen (secondary N) is 2. The van der Waals surface area contributed by atoms with Gasteiger partial charge in [0, 0.05) is 19.1 Å². The average Bonchev–Trinajstić information content (AvgIpc) is 2.73. The van der Waals surface area contributed by atoms with Gasteiger partial charge in [-0.25, -0.2) is 4.39 Å². The maximum absolute atomic E-state index is 13.6. The van der Waals surface area contributed by atoms with Gasteiger partial charge in [-0.05, 0) is 31.0 Å². The Morgan fingerprint density at radius 3 is 2.55 bits per heavy atom. The topological polar surface area (TPSA) is 47.9 Å². The lowest BCUT2D eigenvalue weighted by Crippen LogP contribution is -2.32. The molecule has 0 radical (unpaired) electrons. The van der Waals surface area contributed by atoms with Crippen LogP contribution in [0.15, 0.2) is 18.2 Å². The van der Waals surface area contributed by atoms with Crippen molar-refractivity contribution in [3.8, 4) is 6.07 Å². The largest absolute Gasteiger partial charge is 0.381 e. The van der Waals surface area contributed by atoms with Crippen LogP contribution in [-0.2, 0) is 0 Å². The van der Waals surface area contributed by atoms with Crippen molar-refractivity contribution in [3.05, 3.63) is 29.6 Å². The lowest BCUT2D eigenvalue weighted by Gasteiger charge is -2.16. The summed E-state index contributed by atoms with van der Waals surface area (Å²) in [6.45, 7) is 1.53. The number of nitriles is 1. The van der Waals surface area contributed by atoms with Crippen molar-refractivity contribution in [2.45, 2.75) is 44.6 Å². The first-order chi connectivity index (χ1) is 9.79. The first-order valence-electron chi connectivity index (χ1n) is 7.46.